The lowest BCUT2D eigenvalue weighted by Gasteiger charge is -2.26. The van der Waals surface area contributed by atoms with E-state index in [1.165, 1.54) is 29.2 Å². The van der Waals surface area contributed by atoms with Crippen LogP contribution in [0.15, 0.2) is 54.1 Å². The number of Topliss-reactive ketones (excluding diaryl/α,β-unsaturated/α-hetero) is 1. The number of likely N-dealkylation sites (tertiary alicyclic amines) is 1. The largest absolute Gasteiger partial charge is 0.507 e. The van der Waals surface area contributed by atoms with E-state index in [0.717, 1.165) is 12.8 Å². The Bertz CT molecular complexity index is 984. The Labute approximate surface area is 187 Å². The molecule has 1 amide bonds. The van der Waals surface area contributed by atoms with Crippen molar-refractivity contribution in [3.63, 3.8) is 0 Å². The highest BCUT2D eigenvalue weighted by atomic mass is 19.1. The molecule has 1 heterocycles. The average Bonchev–Trinajstić information content (AvgIpc) is 3.03. The lowest BCUT2D eigenvalue weighted by atomic mass is 9.95. The SMILES string of the molecule is CCCCOc1ccc(/C(O)=C2\C(=O)C(=O)N(CCN(C)C)C2c2ccc(F)cc2)cc1. The number of hydrogen-bond acceptors (Lipinski definition) is 5. The van der Waals surface area contributed by atoms with Crippen LogP contribution in [0.1, 0.15) is 36.9 Å². The van der Waals surface area contributed by atoms with Crippen LogP contribution in [-0.2, 0) is 9.59 Å². The van der Waals surface area contributed by atoms with Crippen LogP contribution in [0.2, 0.25) is 0 Å². The van der Waals surface area contributed by atoms with E-state index in [4.69, 9.17) is 4.74 Å². The number of carbonyl (C=O) groups is 2. The molecule has 32 heavy (non-hydrogen) atoms. The topological polar surface area (TPSA) is 70.1 Å². The molecule has 0 aromatic heterocycles. The molecule has 0 saturated carbocycles. The van der Waals surface area contributed by atoms with Crippen molar-refractivity contribution in [1.29, 1.82) is 0 Å². The summed E-state index contributed by atoms with van der Waals surface area (Å²) in [6, 6.07) is 11.6. The molecule has 2 aromatic carbocycles. The molecule has 0 aliphatic carbocycles. The monoisotopic (exact) mass is 440 g/mol. The van der Waals surface area contributed by atoms with Gasteiger partial charge in [-0.15, -0.1) is 0 Å². The molecule has 1 aliphatic rings. The summed E-state index contributed by atoms with van der Waals surface area (Å²) in [5.41, 5.74) is 0.969. The number of rotatable bonds is 9. The number of hydrogen-bond donors (Lipinski definition) is 1. The maximum absolute atomic E-state index is 13.5. The first kappa shape index (κ1) is 23.5. The van der Waals surface area contributed by atoms with E-state index in [9.17, 15) is 19.1 Å². The first-order valence-corrected chi connectivity index (χ1v) is 10.7. The van der Waals surface area contributed by atoms with Gasteiger partial charge in [0, 0.05) is 18.7 Å². The van der Waals surface area contributed by atoms with Crippen LogP contribution in [0.5, 0.6) is 5.75 Å². The van der Waals surface area contributed by atoms with Crippen molar-refractivity contribution in [2.45, 2.75) is 25.8 Å². The second kappa shape index (κ2) is 10.4. The number of aliphatic hydroxyl groups is 1. The normalized spacial score (nSPS) is 17.9. The smallest absolute Gasteiger partial charge is 0.295 e. The Morgan fingerprint density at radius 1 is 1.09 bits per heavy atom. The van der Waals surface area contributed by atoms with Gasteiger partial charge >= 0.3 is 0 Å². The fourth-order valence-corrected chi connectivity index (χ4v) is 3.61. The molecule has 6 nitrogen and oxygen atoms in total. The number of nitrogens with zero attached hydrogens (tertiary/aromatic N) is 2. The number of amides is 1. The molecule has 1 atom stereocenters. The van der Waals surface area contributed by atoms with Crippen LogP contribution >= 0.6 is 0 Å². The van der Waals surface area contributed by atoms with E-state index in [2.05, 4.69) is 6.92 Å². The van der Waals surface area contributed by atoms with Gasteiger partial charge in [0.2, 0.25) is 0 Å². The third-order valence-corrected chi connectivity index (χ3v) is 5.41. The Kier molecular flexibility index (Phi) is 7.64. The number of unbranched alkanes of at least 4 members (excludes halogenated alkanes) is 1. The third kappa shape index (κ3) is 5.16. The van der Waals surface area contributed by atoms with Gasteiger partial charge in [-0.05, 0) is 62.5 Å². The standard InChI is InChI=1S/C25H29FN2O4/c1-4-5-16-32-20-12-8-18(9-13-20)23(29)21-22(17-6-10-19(26)11-7-17)28(15-14-27(2)3)25(31)24(21)30/h6-13,22,29H,4-5,14-16H2,1-3H3/b23-21+. The van der Waals surface area contributed by atoms with Crippen molar-refractivity contribution in [3.8, 4) is 5.75 Å². The number of ether oxygens (including phenoxy) is 1. The molecule has 1 aliphatic heterocycles. The van der Waals surface area contributed by atoms with Crippen LogP contribution in [0.4, 0.5) is 4.39 Å². The molecule has 7 heteroatoms. The van der Waals surface area contributed by atoms with Crippen molar-refractivity contribution in [2.75, 3.05) is 33.8 Å². The summed E-state index contributed by atoms with van der Waals surface area (Å²) in [5, 5.41) is 11.0. The summed E-state index contributed by atoms with van der Waals surface area (Å²) >= 11 is 0. The predicted molar refractivity (Wildman–Crippen MR) is 121 cm³/mol. The second-order valence-electron chi connectivity index (χ2n) is 8.07. The van der Waals surface area contributed by atoms with Crippen LogP contribution in [0, 0.1) is 5.82 Å². The van der Waals surface area contributed by atoms with Gasteiger partial charge in [-0.2, -0.15) is 0 Å². The number of benzene rings is 2. The zero-order valence-corrected chi connectivity index (χ0v) is 18.7. The fraction of sp³-hybridized carbons (Fsp3) is 0.360. The summed E-state index contributed by atoms with van der Waals surface area (Å²) in [6.45, 7) is 3.51. The minimum atomic E-state index is -0.795. The highest BCUT2D eigenvalue weighted by Crippen LogP contribution is 2.39. The zero-order valence-electron chi connectivity index (χ0n) is 18.7. The van der Waals surface area contributed by atoms with Gasteiger partial charge in [0.25, 0.3) is 11.7 Å². The summed E-state index contributed by atoms with van der Waals surface area (Å²) in [4.78, 5) is 29.1. The summed E-state index contributed by atoms with van der Waals surface area (Å²) in [7, 11) is 3.74. The molecule has 3 rings (SSSR count). The first-order chi connectivity index (χ1) is 15.3. The lowest BCUT2D eigenvalue weighted by Crippen LogP contribution is -2.35. The molecule has 1 saturated heterocycles. The van der Waals surface area contributed by atoms with Crippen LogP contribution in [0.3, 0.4) is 0 Å². The quantitative estimate of drug-likeness (QED) is 0.276. The molecular formula is C25H29FN2O4. The van der Waals surface area contributed by atoms with Crippen molar-refractivity contribution in [1.82, 2.24) is 9.80 Å². The predicted octanol–water partition coefficient (Wildman–Crippen LogP) is 3.99. The van der Waals surface area contributed by atoms with Crippen molar-refractivity contribution < 1.29 is 23.8 Å². The highest BCUT2D eigenvalue weighted by molar-refractivity contribution is 6.46. The number of ketones is 1. The molecule has 2 aromatic rings. The van der Waals surface area contributed by atoms with Gasteiger partial charge in [-0.25, -0.2) is 4.39 Å². The van der Waals surface area contributed by atoms with E-state index in [-0.39, 0.29) is 11.3 Å². The molecule has 0 spiro atoms. The van der Waals surface area contributed by atoms with Crippen LogP contribution in [0.25, 0.3) is 5.76 Å². The number of carbonyl (C=O) groups excluding carboxylic acids is 2. The maximum Gasteiger partial charge on any atom is 0.295 e. The molecule has 1 fully saturated rings. The Balaban J connectivity index is 2.00. The molecular weight excluding hydrogens is 411 g/mol. The minimum Gasteiger partial charge on any atom is -0.507 e. The van der Waals surface area contributed by atoms with Crippen LogP contribution < -0.4 is 4.74 Å². The minimum absolute atomic E-state index is 0.0000145. The molecule has 0 radical (unpaired) electrons. The summed E-state index contributed by atoms with van der Waals surface area (Å²) < 4.78 is 19.2. The molecule has 170 valence electrons. The van der Waals surface area contributed by atoms with Gasteiger partial charge in [-0.3, -0.25) is 9.59 Å². The van der Waals surface area contributed by atoms with Gasteiger partial charge in [-0.1, -0.05) is 25.5 Å². The Morgan fingerprint density at radius 2 is 1.75 bits per heavy atom. The van der Waals surface area contributed by atoms with E-state index in [0.29, 0.717) is 36.6 Å². The average molecular weight is 441 g/mol. The number of likely N-dealkylation sites (N-methyl/N-ethyl adjacent to an activating group) is 1. The Hall–Kier alpha value is -3.19. The van der Waals surface area contributed by atoms with E-state index < -0.39 is 23.5 Å². The van der Waals surface area contributed by atoms with Crippen molar-refractivity contribution in [3.05, 3.63) is 71.0 Å². The van der Waals surface area contributed by atoms with Crippen molar-refractivity contribution >= 4 is 17.4 Å². The zero-order chi connectivity index (χ0) is 23.3. The summed E-state index contributed by atoms with van der Waals surface area (Å²) in [5.74, 6) is -1.44. The number of halogens is 1. The fourth-order valence-electron chi connectivity index (χ4n) is 3.61. The van der Waals surface area contributed by atoms with Gasteiger partial charge in [0.1, 0.15) is 17.3 Å². The lowest BCUT2D eigenvalue weighted by molar-refractivity contribution is -0.140. The molecule has 1 N–H and O–H groups in total. The van der Waals surface area contributed by atoms with E-state index in [1.54, 1.807) is 24.3 Å². The number of aliphatic hydroxyl groups excluding tert-OH is 1. The van der Waals surface area contributed by atoms with E-state index >= 15 is 0 Å². The van der Waals surface area contributed by atoms with E-state index in [1.807, 2.05) is 19.0 Å². The third-order valence-electron chi connectivity index (χ3n) is 5.41. The summed E-state index contributed by atoms with van der Waals surface area (Å²) in [6.07, 6.45) is 1.96. The Morgan fingerprint density at radius 3 is 2.34 bits per heavy atom. The second-order valence-corrected chi connectivity index (χ2v) is 8.07. The highest BCUT2D eigenvalue weighted by Gasteiger charge is 2.45. The maximum atomic E-state index is 13.5. The molecule has 0 bridgehead atoms. The first-order valence-electron chi connectivity index (χ1n) is 10.7. The van der Waals surface area contributed by atoms with Gasteiger partial charge in [0.15, 0.2) is 0 Å². The van der Waals surface area contributed by atoms with Gasteiger partial charge < -0.3 is 19.6 Å². The van der Waals surface area contributed by atoms with Gasteiger partial charge in [0.05, 0.1) is 18.2 Å². The van der Waals surface area contributed by atoms with Crippen molar-refractivity contribution in [2.24, 2.45) is 0 Å². The molecule has 1 unspecified atom stereocenters. The van der Waals surface area contributed by atoms with Crippen LogP contribution in [-0.4, -0.2) is 60.4 Å².